The van der Waals surface area contributed by atoms with Crippen molar-refractivity contribution in [3.63, 3.8) is 0 Å². The smallest absolute Gasteiger partial charge is 0.300 e. The van der Waals surface area contributed by atoms with Gasteiger partial charge in [-0.3, -0.25) is 15.0 Å². The largest absolute Gasteiger partial charge is 0.451 e. The summed E-state index contributed by atoms with van der Waals surface area (Å²) in [5.74, 6) is 4.79. The van der Waals surface area contributed by atoms with E-state index in [0.29, 0.717) is 12.0 Å². The van der Waals surface area contributed by atoms with Gasteiger partial charge in [0.2, 0.25) is 0 Å². The van der Waals surface area contributed by atoms with Gasteiger partial charge in [-0.1, -0.05) is 6.07 Å². The van der Waals surface area contributed by atoms with Crippen LogP contribution in [0.1, 0.15) is 23.0 Å². The summed E-state index contributed by atoms with van der Waals surface area (Å²) in [6.45, 7) is 1.53. The van der Waals surface area contributed by atoms with E-state index in [0.717, 1.165) is 10.9 Å². The van der Waals surface area contributed by atoms with Gasteiger partial charge in [-0.05, 0) is 30.7 Å². The summed E-state index contributed by atoms with van der Waals surface area (Å²) in [6.07, 6.45) is 0.375. The topological polar surface area (TPSA) is 85.3 Å². The highest BCUT2D eigenvalue weighted by Gasteiger charge is 2.11. The monoisotopic (exact) mass is 232 g/mol. The maximum absolute atomic E-state index is 11.3. The van der Waals surface area contributed by atoms with Gasteiger partial charge in [0.05, 0.1) is 0 Å². The lowest BCUT2D eigenvalue weighted by molar-refractivity contribution is -0.116. The van der Waals surface area contributed by atoms with Crippen LogP contribution >= 0.6 is 0 Å². The molecule has 3 N–H and O–H groups in total. The minimum atomic E-state index is -0.477. The Morgan fingerprint density at radius 3 is 2.76 bits per heavy atom. The van der Waals surface area contributed by atoms with E-state index < -0.39 is 5.91 Å². The van der Waals surface area contributed by atoms with Crippen molar-refractivity contribution in [3.05, 3.63) is 35.6 Å². The highest BCUT2D eigenvalue weighted by Crippen LogP contribution is 2.21. The lowest BCUT2D eigenvalue weighted by atomic mass is 10.1. The predicted molar refractivity (Wildman–Crippen MR) is 62.3 cm³/mol. The van der Waals surface area contributed by atoms with Crippen LogP contribution in [-0.4, -0.2) is 11.7 Å². The second-order valence-corrected chi connectivity index (χ2v) is 3.84. The zero-order chi connectivity index (χ0) is 12.4. The maximum Gasteiger partial charge on any atom is 0.300 e. The fourth-order valence-corrected chi connectivity index (χ4v) is 1.67. The highest BCUT2D eigenvalue weighted by molar-refractivity contribution is 5.96. The first-order chi connectivity index (χ1) is 8.10. The highest BCUT2D eigenvalue weighted by atomic mass is 16.3. The standard InChI is InChI=1S/C12H12N2O3/c1-7(15)4-8-2-3-10-9(5-8)6-11(17-10)12(16)14-13/h2-3,5-6H,4,13H2,1H3,(H,14,16). The molecule has 0 aliphatic rings. The van der Waals surface area contributed by atoms with Gasteiger partial charge in [-0.15, -0.1) is 0 Å². The second-order valence-electron chi connectivity index (χ2n) is 3.84. The second kappa shape index (κ2) is 4.39. The molecule has 0 saturated carbocycles. The van der Waals surface area contributed by atoms with Crippen LogP contribution in [-0.2, 0) is 11.2 Å². The van der Waals surface area contributed by atoms with Crippen molar-refractivity contribution in [2.24, 2.45) is 5.84 Å². The van der Waals surface area contributed by atoms with Crippen molar-refractivity contribution >= 4 is 22.7 Å². The number of hydrogen-bond donors (Lipinski definition) is 2. The molecule has 0 atom stereocenters. The number of rotatable bonds is 3. The number of amides is 1. The maximum atomic E-state index is 11.3. The number of hydrazine groups is 1. The zero-order valence-corrected chi connectivity index (χ0v) is 9.32. The Morgan fingerprint density at radius 2 is 2.12 bits per heavy atom. The van der Waals surface area contributed by atoms with Gasteiger partial charge in [-0.25, -0.2) is 5.84 Å². The number of ketones is 1. The summed E-state index contributed by atoms with van der Waals surface area (Å²) in [5.41, 5.74) is 3.49. The van der Waals surface area contributed by atoms with Gasteiger partial charge in [-0.2, -0.15) is 0 Å². The van der Waals surface area contributed by atoms with Crippen LogP contribution < -0.4 is 11.3 Å². The summed E-state index contributed by atoms with van der Waals surface area (Å²) in [6, 6.07) is 6.97. The molecule has 0 saturated heterocycles. The van der Waals surface area contributed by atoms with Crippen LogP contribution in [0.4, 0.5) is 0 Å². The van der Waals surface area contributed by atoms with Gasteiger partial charge < -0.3 is 4.42 Å². The summed E-state index contributed by atoms with van der Waals surface area (Å²) in [4.78, 5) is 22.3. The number of furan rings is 1. The fraction of sp³-hybridized carbons (Fsp3) is 0.167. The molecule has 0 aliphatic carbocycles. The molecule has 1 heterocycles. The van der Waals surface area contributed by atoms with E-state index in [2.05, 4.69) is 0 Å². The first-order valence-electron chi connectivity index (χ1n) is 5.13. The first-order valence-corrected chi connectivity index (χ1v) is 5.13. The average Bonchev–Trinajstić information content (AvgIpc) is 2.70. The molecular weight excluding hydrogens is 220 g/mol. The van der Waals surface area contributed by atoms with Crippen molar-refractivity contribution in [1.29, 1.82) is 0 Å². The van der Waals surface area contributed by atoms with E-state index in [-0.39, 0.29) is 11.5 Å². The van der Waals surface area contributed by atoms with Crippen LogP contribution in [0.5, 0.6) is 0 Å². The number of nitrogens with one attached hydrogen (secondary N) is 1. The Bertz CT molecular complexity index is 586. The molecule has 0 aliphatic heterocycles. The molecule has 5 nitrogen and oxygen atoms in total. The number of nitrogens with two attached hydrogens (primary N) is 1. The third kappa shape index (κ3) is 2.34. The molecule has 2 rings (SSSR count). The number of benzene rings is 1. The molecule has 1 aromatic heterocycles. The van der Waals surface area contributed by atoms with E-state index in [9.17, 15) is 9.59 Å². The first kappa shape index (κ1) is 11.3. The van der Waals surface area contributed by atoms with Gasteiger partial charge in [0.15, 0.2) is 5.76 Å². The molecule has 0 fully saturated rings. The molecular formula is C12H12N2O3. The quantitative estimate of drug-likeness (QED) is 0.472. The molecule has 0 unspecified atom stereocenters. The summed E-state index contributed by atoms with van der Waals surface area (Å²) in [5, 5.41) is 0.780. The summed E-state index contributed by atoms with van der Waals surface area (Å²) < 4.78 is 5.30. The van der Waals surface area contributed by atoms with Gasteiger partial charge >= 0.3 is 5.91 Å². The van der Waals surface area contributed by atoms with Crippen molar-refractivity contribution in [3.8, 4) is 0 Å². The number of hydrogen-bond acceptors (Lipinski definition) is 4. The Hall–Kier alpha value is -2.14. The number of carbonyl (C=O) groups is 2. The van der Waals surface area contributed by atoms with Crippen molar-refractivity contribution in [2.75, 3.05) is 0 Å². The van der Waals surface area contributed by atoms with Crippen LogP contribution in [0.15, 0.2) is 28.7 Å². The van der Waals surface area contributed by atoms with E-state index in [1.165, 1.54) is 6.92 Å². The van der Waals surface area contributed by atoms with Gasteiger partial charge in [0.25, 0.3) is 0 Å². The minimum absolute atomic E-state index is 0.0905. The van der Waals surface area contributed by atoms with E-state index in [1.807, 2.05) is 11.5 Å². The third-order valence-electron chi connectivity index (χ3n) is 2.39. The normalized spacial score (nSPS) is 10.5. The molecule has 2 aromatic rings. The lowest BCUT2D eigenvalue weighted by Gasteiger charge is -1.96. The summed E-state index contributed by atoms with van der Waals surface area (Å²) in [7, 11) is 0. The average molecular weight is 232 g/mol. The summed E-state index contributed by atoms with van der Waals surface area (Å²) >= 11 is 0. The Labute approximate surface area is 97.6 Å². The molecule has 5 heteroatoms. The molecule has 1 aromatic carbocycles. The number of carbonyl (C=O) groups excluding carboxylic acids is 2. The van der Waals surface area contributed by atoms with Crippen molar-refractivity contribution < 1.29 is 14.0 Å². The third-order valence-corrected chi connectivity index (χ3v) is 2.39. The van der Waals surface area contributed by atoms with Crippen molar-refractivity contribution in [2.45, 2.75) is 13.3 Å². The van der Waals surface area contributed by atoms with Crippen LogP contribution in [0.2, 0.25) is 0 Å². The van der Waals surface area contributed by atoms with E-state index in [1.54, 1.807) is 18.2 Å². The molecule has 88 valence electrons. The molecule has 17 heavy (non-hydrogen) atoms. The van der Waals surface area contributed by atoms with Crippen LogP contribution in [0.25, 0.3) is 11.0 Å². The fourth-order valence-electron chi connectivity index (χ4n) is 1.67. The Morgan fingerprint density at radius 1 is 1.35 bits per heavy atom. The predicted octanol–water partition coefficient (Wildman–Crippen LogP) is 1.17. The van der Waals surface area contributed by atoms with Crippen LogP contribution in [0, 0.1) is 0 Å². The number of nitrogen functional groups attached to an aromatic ring is 1. The van der Waals surface area contributed by atoms with E-state index in [4.69, 9.17) is 10.3 Å². The molecule has 1 amide bonds. The molecule has 0 bridgehead atoms. The van der Waals surface area contributed by atoms with Crippen LogP contribution in [0.3, 0.4) is 0 Å². The molecule has 0 radical (unpaired) electrons. The van der Waals surface area contributed by atoms with Crippen molar-refractivity contribution in [1.82, 2.24) is 5.43 Å². The number of fused-ring (bicyclic) bond motifs is 1. The lowest BCUT2D eigenvalue weighted by Crippen LogP contribution is -2.29. The zero-order valence-electron chi connectivity index (χ0n) is 9.32. The van der Waals surface area contributed by atoms with E-state index >= 15 is 0 Å². The number of Topliss-reactive ketones (excluding diaryl/α,β-unsaturated/α-hetero) is 1. The molecule has 0 spiro atoms. The SMILES string of the molecule is CC(=O)Cc1ccc2oc(C(=O)NN)cc2c1. The Balaban J connectivity index is 2.40. The minimum Gasteiger partial charge on any atom is -0.451 e. The Kier molecular flexibility index (Phi) is 2.93. The van der Waals surface area contributed by atoms with Gasteiger partial charge in [0.1, 0.15) is 11.4 Å². The van der Waals surface area contributed by atoms with Gasteiger partial charge in [0, 0.05) is 11.8 Å².